The van der Waals surface area contributed by atoms with Crippen LogP contribution in [-0.2, 0) is 17.8 Å². The molecule has 0 aliphatic carbocycles. The Hall–Kier alpha value is -3.02. The molecule has 138 valence electrons. The van der Waals surface area contributed by atoms with Crippen molar-refractivity contribution in [3.8, 4) is 5.75 Å². The molecule has 2 aromatic rings. The first-order chi connectivity index (χ1) is 12.6. The van der Waals surface area contributed by atoms with E-state index in [9.17, 15) is 4.79 Å². The van der Waals surface area contributed by atoms with Gasteiger partial charge < -0.3 is 20.1 Å². The molecule has 0 unspecified atom stereocenters. The zero-order valence-corrected chi connectivity index (χ0v) is 15.6. The Kier molecular flexibility index (Phi) is 7.02. The lowest BCUT2D eigenvalue weighted by atomic mass is 10.1. The van der Waals surface area contributed by atoms with Crippen molar-refractivity contribution in [3.63, 3.8) is 0 Å². The number of methoxy groups -OCH3 is 2. The van der Waals surface area contributed by atoms with Crippen LogP contribution >= 0.6 is 0 Å². The number of benzene rings is 2. The van der Waals surface area contributed by atoms with Crippen LogP contribution in [0.5, 0.6) is 5.75 Å². The van der Waals surface area contributed by atoms with Crippen LogP contribution < -0.4 is 15.4 Å². The van der Waals surface area contributed by atoms with Gasteiger partial charge in [-0.1, -0.05) is 35.9 Å². The molecule has 0 bridgehead atoms. The van der Waals surface area contributed by atoms with Crippen molar-refractivity contribution in [2.24, 2.45) is 4.99 Å². The topological polar surface area (TPSA) is 72.0 Å². The third kappa shape index (κ3) is 5.24. The predicted octanol–water partition coefficient (Wildman–Crippen LogP) is 2.66. The van der Waals surface area contributed by atoms with E-state index >= 15 is 0 Å². The Morgan fingerprint density at radius 1 is 1.04 bits per heavy atom. The molecule has 0 aliphatic heterocycles. The molecule has 0 fully saturated rings. The van der Waals surface area contributed by atoms with E-state index in [4.69, 9.17) is 9.47 Å². The summed E-state index contributed by atoms with van der Waals surface area (Å²) in [6.07, 6.45) is 0. The van der Waals surface area contributed by atoms with Crippen molar-refractivity contribution in [1.82, 2.24) is 10.6 Å². The summed E-state index contributed by atoms with van der Waals surface area (Å²) in [6, 6.07) is 13.7. The largest absolute Gasteiger partial charge is 0.496 e. The molecule has 6 nitrogen and oxygen atoms in total. The van der Waals surface area contributed by atoms with E-state index in [2.05, 4.69) is 40.7 Å². The van der Waals surface area contributed by atoms with Crippen molar-refractivity contribution < 1.29 is 14.3 Å². The maximum Gasteiger partial charge on any atom is 0.341 e. The summed E-state index contributed by atoms with van der Waals surface area (Å²) in [4.78, 5) is 16.1. The van der Waals surface area contributed by atoms with Crippen LogP contribution in [-0.4, -0.2) is 33.2 Å². The van der Waals surface area contributed by atoms with E-state index in [-0.39, 0.29) is 0 Å². The number of nitrogens with zero attached hydrogens (tertiary/aromatic N) is 1. The number of hydrogen-bond acceptors (Lipinski definition) is 4. The molecule has 0 radical (unpaired) electrons. The quantitative estimate of drug-likeness (QED) is 0.473. The summed E-state index contributed by atoms with van der Waals surface area (Å²) in [6.45, 7) is 3.26. The molecule has 0 amide bonds. The van der Waals surface area contributed by atoms with Crippen LogP contribution in [0.15, 0.2) is 47.5 Å². The third-order valence-electron chi connectivity index (χ3n) is 3.90. The summed E-state index contributed by atoms with van der Waals surface area (Å²) in [7, 11) is 4.60. The molecule has 2 aromatic carbocycles. The number of aryl methyl sites for hydroxylation is 1. The van der Waals surface area contributed by atoms with Crippen LogP contribution in [0.4, 0.5) is 0 Å². The van der Waals surface area contributed by atoms with Gasteiger partial charge in [0, 0.05) is 20.1 Å². The van der Waals surface area contributed by atoms with Crippen molar-refractivity contribution in [3.05, 3.63) is 64.7 Å². The minimum absolute atomic E-state index is 0.400. The lowest BCUT2D eigenvalue weighted by Crippen LogP contribution is -2.36. The standard InChI is InChI=1S/C20H25N3O3/c1-14-6-5-7-15(10-14)12-22-20(21-2)23-13-16-8-9-18(25-3)17(11-16)19(24)26-4/h5-11H,12-13H2,1-4H3,(H2,21,22,23). The van der Waals surface area contributed by atoms with Gasteiger partial charge in [-0.05, 0) is 30.2 Å². The average Bonchev–Trinajstić information content (AvgIpc) is 2.67. The van der Waals surface area contributed by atoms with Gasteiger partial charge in [-0.2, -0.15) is 0 Å². The molecular weight excluding hydrogens is 330 g/mol. The molecule has 6 heteroatoms. The first-order valence-corrected chi connectivity index (χ1v) is 8.32. The van der Waals surface area contributed by atoms with Crippen LogP contribution in [0, 0.1) is 6.92 Å². The van der Waals surface area contributed by atoms with E-state index in [0.29, 0.717) is 30.4 Å². The van der Waals surface area contributed by atoms with Gasteiger partial charge in [0.2, 0.25) is 0 Å². The molecule has 0 heterocycles. The molecular formula is C20H25N3O3. The Bertz CT molecular complexity index is 788. The second-order valence-electron chi connectivity index (χ2n) is 5.79. The molecule has 0 aromatic heterocycles. The van der Waals surface area contributed by atoms with Crippen LogP contribution in [0.2, 0.25) is 0 Å². The first-order valence-electron chi connectivity index (χ1n) is 8.32. The fourth-order valence-corrected chi connectivity index (χ4v) is 2.55. The number of carbonyl (C=O) groups excluding carboxylic acids is 1. The average molecular weight is 355 g/mol. The van der Waals surface area contributed by atoms with Gasteiger partial charge in [-0.25, -0.2) is 4.79 Å². The Balaban J connectivity index is 1.98. The number of carbonyl (C=O) groups is 1. The van der Waals surface area contributed by atoms with Crippen molar-refractivity contribution in [1.29, 1.82) is 0 Å². The monoisotopic (exact) mass is 355 g/mol. The Morgan fingerprint density at radius 3 is 2.31 bits per heavy atom. The highest BCUT2D eigenvalue weighted by Gasteiger charge is 2.13. The number of rotatable bonds is 6. The van der Waals surface area contributed by atoms with E-state index in [1.165, 1.54) is 25.3 Å². The fraction of sp³-hybridized carbons (Fsp3) is 0.300. The fourth-order valence-electron chi connectivity index (χ4n) is 2.55. The van der Waals surface area contributed by atoms with Gasteiger partial charge in [-0.3, -0.25) is 4.99 Å². The van der Waals surface area contributed by atoms with Gasteiger partial charge >= 0.3 is 5.97 Å². The Morgan fingerprint density at radius 2 is 1.73 bits per heavy atom. The lowest BCUT2D eigenvalue weighted by Gasteiger charge is -2.13. The first kappa shape index (κ1) is 19.3. The van der Waals surface area contributed by atoms with E-state index in [1.807, 2.05) is 12.1 Å². The molecule has 2 N–H and O–H groups in total. The number of ether oxygens (including phenoxy) is 2. The molecule has 26 heavy (non-hydrogen) atoms. The van der Waals surface area contributed by atoms with E-state index in [0.717, 1.165) is 5.56 Å². The molecule has 0 spiro atoms. The van der Waals surface area contributed by atoms with Gasteiger partial charge in [-0.15, -0.1) is 0 Å². The number of hydrogen-bond donors (Lipinski definition) is 2. The highest BCUT2D eigenvalue weighted by Crippen LogP contribution is 2.20. The summed E-state index contributed by atoms with van der Waals surface area (Å²) in [5.41, 5.74) is 3.73. The summed E-state index contributed by atoms with van der Waals surface area (Å²) >= 11 is 0. The Labute approximate surface area is 154 Å². The van der Waals surface area contributed by atoms with Crippen molar-refractivity contribution in [2.75, 3.05) is 21.3 Å². The summed E-state index contributed by atoms with van der Waals surface area (Å²) in [5, 5.41) is 6.52. The molecule has 0 atom stereocenters. The third-order valence-corrected chi connectivity index (χ3v) is 3.90. The number of guanidine groups is 1. The van der Waals surface area contributed by atoms with E-state index < -0.39 is 5.97 Å². The molecule has 0 saturated carbocycles. The van der Waals surface area contributed by atoms with Crippen molar-refractivity contribution >= 4 is 11.9 Å². The van der Waals surface area contributed by atoms with Gasteiger partial charge in [0.1, 0.15) is 11.3 Å². The zero-order valence-electron chi connectivity index (χ0n) is 15.6. The SMILES string of the molecule is CN=C(NCc1cccc(C)c1)NCc1ccc(OC)c(C(=O)OC)c1. The number of esters is 1. The lowest BCUT2D eigenvalue weighted by molar-refractivity contribution is 0.0597. The van der Waals surface area contributed by atoms with Gasteiger partial charge in [0.05, 0.1) is 14.2 Å². The molecule has 0 saturated heterocycles. The number of nitrogens with one attached hydrogen (secondary N) is 2. The summed E-state index contributed by atoms with van der Waals surface area (Å²) < 4.78 is 10.0. The number of aliphatic imine (C=N–C) groups is 1. The van der Waals surface area contributed by atoms with E-state index in [1.54, 1.807) is 19.2 Å². The van der Waals surface area contributed by atoms with Gasteiger partial charge in [0.15, 0.2) is 5.96 Å². The van der Waals surface area contributed by atoms with Crippen molar-refractivity contribution in [2.45, 2.75) is 20.0 Å². The minimum Gasteiger partial charge on any atom is -0.496 e. The highest BCUT2D eigenvalue weighted by atomic mass is 16.5. The van der Waals surface area contributed by atoms with Crippen LogP contribution in [0.3, 0.4) is 0 Å². The minimum atomic E-state index is -0.425. The zero-order chi connectivity index (χ0) is 18.9. The molecule has 0 aliphatic rings. The maximum atomic E-state index is 11.9. The maximum absolute atomic E-state index is 11.9. The summed E-state index contributed by atoms with van der Waals surface area (Å²) in [5.74, 6) is 0.746. The van der Waals surface area contributed by atoms with Crippen LogP contribution in [0.1, 0.15) is 27.0 Å². The smallest absolute Gasteiger partial charge is 0.341 e. The van der Waals surface area contributed by atoms with Gasteiger partial charge in [0.25, 0.3) is 0 Å². The second kappa shape index (κ2) is 9.46. The highest BCUT2D eigenvalue weighted by molar-refractivity contribution is 5.92. The molecule has 2 rings (SSSR count). The normalized spacial score (nSPS) is 11.0. The second-order valence-corrected chi connectivity index (χ2v) is 5.79. The predicted molar refractivity (Wildman–Crippen MR) is 103 cm³/mol. The van der Waals surface area contributed by atoms with Crippen LogP contribution in [0.25, 0.3) is 0 Å².